The van der Waals surface area contributed by atoms with E-state index in [1.807, 2.05) is 0 Å². The molecule has 0 fully saturated rings. The SMILES string of the molecule is CCCCCCC(C)(CCCC)c1n[nH]cc1C#N. The average molecular weight is 261 g/mol. The third kappa shape index (κ3) is 4.38. The summed E-state index contributed by atoms with van der Waals surface area (Å²) in [5.41, 5.74) is 1.74. The molecule has 0 spiro atoms. The number of aromatic amines is 1. The van der Waals surface area contributed by atoms with Gasteiger partial charge in [0.25, 0.3) is 0 Å². The number of hydrogen-bond acceptors (Lipinski definition) is 2. The summed E-state index contributed by atoms with van der Waals surface area (Å²) in [5, 5.41) is 16.4. The number of nitriles is 1. The molecule has 0 saturated carbocycles. The Morgan fingerprint density at radius 2 is 1.84 bits per heavy atom. The van der Waals surface area contributed by atoms with Gasteiger partial charge in [-0.3, -0.25) is 5.10 Å². The van der Waals surface area contributed by atoms with Crippen LogP contribution >= 0.6 is 0 Å². The predicted octanol–water partition coefficient (Wildman–Crippen LogP) is 4.70. The van der Waals surface area contributed by atoms with Crippen LogP contribution in [0.5, 0.6) is 0 Å². The van der Waals surface area contributed by atoms with Gasteiger partial charge in [0.2, 0.25) is 0 Å². The van der Waals surface area contributed by atoms with Gasteiger partial charge in [0.15, 0.2) is 0 Å². The molecule has 0 bridgehead atoms. The van der Waals surface area contributed by atoms with Gasteiger partial charge in [-0.05, 0) is 12.8 Å². The monoisotopic (exact) mass is 261 g/mol. The van der Waals surface area contributed by atoms with Crippen LogP contribution in [0.3, 0.4) is 0 Å². The molecule has 1 aromatic rings. The Labute approximate surface area is 117 Å². The van der Waals surface area contributed by atoms with Crippen molar-refractivity contribution >= 4 is 0 Å². The molecule has 3 heteroatoms. The van der Waals surface area contributed by atoms with Crippen molar-refractivity contribution in [1.82, 2.24) is 10.2 Å². The molecule has 1 atom stereocenters. The molecule has 0 aromatic carbocycles. The van der Waals surface area contributed by atoms with E-state index >= 15 is 0 Å². The first-order valence-corrected chi connectivity index (χ1v) is 7.62. The van der Waals surface area contributed by atoms with Crippen molar-refractivity contribution in [2.45, 2.75) is 77.6 Å². The minimum absolute atomic E-state index is 0.0504. The van der Waals surface area contributed by atoms with Gasteiger partial charge in [-0.15, -0.1) is 0 Å². The van der Waals surface area contributed by atoms with Crippen LogP contribution in [0.25, 0.3) is 0 Å². The summed E-state index contributed by atoms with van der Waals surface area (Å²) >= 11 is 0. The van der Waals surface area contributed by atoms with Gasteiger partial charge in [-0.25, -0.2) is 0 Å². The summed E-state index contributed by atoms with van der Waals surface area (Å²) < 4.78 is 0. The fourth-order valence-electron chi connectivity index (χ4n) is 2.71. The molecular weight excluding hydrogens is 234 g/mol. The molecule has 3 nitrogen and oxygen atoms in total. The summed E-state index contributed by atoms with van der Waals surface area (Å²) in [6.45, 7) is 6.72. The van der Waals surface area contributed by atoms with Gasteiger partial charge in [0.1, 0.15) is 6.07 Å². The molecule has 1 unspecified atom stereocenters. The highest BCUT2D eigenvalue weighted by atomic mass is 15.1. The maximum Gasteiger partial charge on any atom is 0.103 e. The zero-order chi connectivity index (χ0) is 14.1. The van der Waals surface area contributed by atoms with Crippen LogP contribution in [-0.4, -0.2) is 10.2 Å². The van der Waals surface area contributed by atoms with Gasteiger partial charge in [-0.2, -0.15) is 10.4 Å². The number of H-pyrrole nitrogens is 1. The zero-order valence-corrected chi connectivity index (χ0v) is 12.6. The Kier molecular flexibility index (Phi) is 6.62. The predicted molar refractivity (Wildman–Crippen MR) is 78.9 cm³/mol. The first-order chi connectivity index (χ1) is 9.18. The van der Waals surface area contributed by atoms with Crippen molar-refractivity contribution in [3.05, 3.63) is 17.5 Å². The lowest BCUT2D eigenvalue weighted by molar-refractivity contribution is 0.359. The Hall–Kier alpha value is -1.30. The van der Waals surface area contributed by atoms with E-state index in [-0.39, 0.29) is 5.41 Å². The van der Waals surface area contributed by atoms with Gasteiger partial charge >= 0.3 is 0 Å². The number of hydrogen-bond donors (Lipinski definition) is 1. The number of unbranched alkanes of at least 4 members (excludes halogenated alkanes) is 4. The first-order valence-electron chi connectivity index (χ1n) is 7.62. The molecule has 1 heterocycles. The third-order valence-corrected chi connectivity index (χ3v) is 4.00. The van der Waals surface area contributed by atoms with Crippen LogP contribution < -0.4 is 0 Å². The second-order valence-electron chi connectivity index (χ2n) is 5.73. The number of nitrogens with zero attached hydrogens (tertiary/aromatic N) is 2. The minimum atomic E-state index is 0.0504. The molecule has 0 aliphatic heterocycles. The highest BCUT2D eigenvalue weighted by Gasteiger charge is 2.30. The van der Waals surface area contributed by atoms with Crippen molar-refractivity contribution in [3.8, 4) is 6.07 Å². The Balaban J connectivity index is 2.77. The van der Waals surface area contributed by atoms with Crippen molar-refractivity contribution in [1.29, 1.82) is 5.26 Å². The second kappa shape index (κ2) is 7.99. The zero-order valence-electron chi connectivity index (χ0n) is 12.6. The molecule has 0 aliphatic carbocycles. The van der Waals surface area contributed by atoms with E-state index in [0.29, 0.717) is 5.56 Å². The second-order valence-corrected chi connectivity index (χ2v) is 5.73. The maximum absolute atomic E-state index is 9.20. The average Bonchev–Trinajstić information content (AvgIpc) is 2.90. The third-order valence-electron chi connectivity index (χ3n) is 4.00. The van der Waals surface area contributed by atoms with Crippen LogP contribution in [0, 0.1) is 11.3 Å². The largest absolute Gasteiger partial charge is 0.284 e. The van der Waals surface area contributed by atoms with E-state index in [9.17, 15) is 5.26 Å². The van der Waals surface area contributed by atoms with Crippen LogP contribution in [0.2, 0.25) is 0 Å². The molecule has 0 saturated heterocycles. The van der Waals surface area contributed by atoms with Gasteiger partial charge in [0, 0.05) is 11.6 Å². The van der Waals surface area contributed by atoms with Crippen molar-refractivity contribution in [2.24, 2.45) is 0 Å². The van der Waals surface area contributed by atoms with Gasteiger partial charge < -0.3 is 0 Å². The smallest absolute Gasteiger partial charge is 0.103 e. The van der Waals surface area contributed by atoms with E-state index in [0.717, 1.165) is 18.5 Å². The van der Waals surface area contributed by atoms with E-state index < -0.39 is 0 Å². The van der Waals surface area contributed by atoms with E-state index in [1.54, 1.807) is 6.20 Å². The summed E-state index contributed by atoms with van der Waals surface area (Å²) in [7, 11) is 0. The van der Waals surface area contributed by atoms with Crippen LogP contribution in [0.1, 0.15) is 83.4 Å². The molecule has 1 N–H and O–H groups in total. The van der Waals surface area contributed by atoms with Gasteiger partial charge in [0.05, 0.1) is 11.3 Å². The fourth-order valence-corrected chi connectivity index (χ4v) is 2.71. The highest BCUT2D eigenvalue weighted by molar-refractivity contribution is 5.35. The number of rotatable bonds is 9. The molecule has 0 aliphatic rings. The van der Waals surface area contributed by atoms with Crippen LogP contribution in [0.15, 0.2) is 6.20 Å². The van der Waals surface area contributed by atoms with Crippen LogP contribution in [-0.2, 0) is 5.41 Å². The Morgan fingerprint density at radius 3 is 2.47 bits per heavy atom. The molecule has 1 rings (SSSR count). The normalized spacial score (nSPS) is 14.0. The van der Waals surface area contributed by atoms with E-state index in [1.165, 1.54) is 38.5 Å². The molecule has 0 amide bonds. The standard InChI is InChI=1S/C16H27N3/c1-4-6-8-9-11-16(3,10-7-5-2)15-14(12-17)13-18-19-15/h13H,4-11H2,1-3H3,(H,18,19). The lowest BCUT2D eigenvalue weighted by Crippen LogP contribution is -2.24. The highest BCUT2D eigenvalue weighted by Crippen LogP contribution is 2.35. The Morgan fingerprint density at radius 1 is 1.16 bits per heavy atom. The summed E-state index contributed by atoms with van der Waals surface area (Å²) in [5.74, 6) is 0. The Bertz CT molecular complexity index is 402. The fraction of sp³-hybridized carbons (Fsp3) is 0.750. The van der Waals surface area contributed by atoms with E-state index in [2.05, 4.69) is 37.0 Å². The summed E-state index contributed by atoms with van der Waals surface area (Å²) in [4.78, 5) is 0. The summed E-state index contributed by atoms with van der Waals surface area (Å²) in [6, 6.07) is 2.27. The quantitative estimate of drug-likeness (QED) is 0.655. The van der Waals surface area contributed by atoms with E-state index in [4.69, 9.17) is 0 Å². The number of aromatic nitrogens is 2. The minimum Gasteiger partial charge on any atom is -0.284 e. The van der Waals surface area contributed by atoms with Crippen molar-refractivity contribution in [2.75, 3.05) is 0 Å². The summed E-state index contributed by atoms with van der Waals surface area (Å²) in [6.07, 6.45) is 11.4. The van der Waals surface area contributed by atoms with Crippen LogP contribution in [0.4, 0.5) is 0 Å². The molecule has 19 heavy (non-hydrogen) atoms. The van der Waals surface area contributed by atoms with Crippen molar-refractivity contribution in [3.63, 3.8) is 0 Å². The maximum atomic E-state index is 9.20. The molecule has 106 valence electrons. The number of nitrogens with one attached hydrogen (secondary N) is 1. The topological polar surface area (TPSA) is 52.5 Å². The first kappa shape index (κ1) is 15.8. The lowest BCUT2D eigenvalue weighted by Gasteiger charge is -2.28. The lowest BCUT2D eigenvalue weighted by atomic mass is 9.76. The van der Waals surface area contributed by atoms with Crippen molar-refractivity contribution < 1.29 is 0 Å². The molecule has 1 aromatic heterocycles. The van der Waals surface area contributed by atoms with Gasteiger partial charge in [-0.1, -0.05) is 59.3 Å². The molecule has 0 radical (unpaired) electrons. The molecular formula is C16H27N3.